The number of unbranched alkanes of at least 4 members (excludes halogenated alkanes) is 1. The molecule has 0 spiro atoms. The molecule has 0 saturated heterocycles. The predicted molar refractivity (Wildman–Crippen MR) is 163 cm³/mol. The molecule has 0 heterocycles. The van der Waals surface area contributed by atoms with Crippen molar-refractivity contribution in [2.24, 2.45) is 0 Å². The van der Waals surface area contributed by atoms with Crippen LogP contribution in [0.3, 0.4) is 0 Å². The predicted octanol–water partition coefficient (Wildman–Crippen LogP) is -6.08. The van der Waals surface area contributed by atoms with E-state index in [0.717, 1.165) is 57.2 Å². The Kier molecular flexibility index (Phi) is 17.2. The zero-order valence-corrected chi connectivity index (χ0v) is 28.5. The van der Waals surface area contributed by atoms with Gasteiger partial charge in [-0.25, -0.2) is 8.42 Å². The normalized spacial score (nSPS) is 12.2. The van der Waals surface area contributed by atoms with Gasteiger partial charge in [-0.05, 0) is 36.1 Å². The van der Waals surface area contributed by atoms with E-state index >= 15 is 0 Å². The second kappa shape index (κ2) is 20.8. The molecule has 0 aliphatic rings. The number of carbonyl (C=O) groups excluding carboxylic acids is 5. The Bertz CT molecular complexity index is 1570. The fourth-order valence-electron chi connectivity index (χ4n) is 4.93. The standard InChI is InChI=1S/C32H43N3O15S/c1-2-3-4-22-5-7-23(8-6-22)20-49-25-9-10-26(27(13-25)51(46,47)48)50-21-24(35(18-31(42)43)19-32(44)45)14-33(15-28(36)37)11-12-34(16-29(38)39)17-30(40)41/h5-10,13,24H,2-4,11-12,14-21H2,1H3,(H,36,37)(H,38,39)(H,40,41)(H,42,43)(H,44,45)(H,46,47,48)/p-6. The van der Waals surface area contributed by atoms with Gasteiger partial charge >= 0.3 is 0 Å². The van der Waals surface area contributed by atoms with Gasteiger partial charge in [0.25, 0.3) is 0 Å². The lowest BCUT2D eigenvalue weighted by atomic mass is 10.1. The first-order chi connectivity index (χ1) is 24.0. The molecule has 51 heavy (non-hydrogen) atoms. The summed E-state index contributed by atoms with van der Waals surface area (Å²) < 4.78 is 47.9. The Labute approximate surface area is 294 Å². The molecule has 18 nitrogen and oxygen atoms in total. The van der Waals surface area contributed by atoms with Gasteiger partial charge < -0.3 is 63.5 Å². The number of carbonyl (C=O) groups is 5. The van der Waals surface area contributed by atoms with E-state index in [1.54, 1.807) is 0 Å². The molecule has 0 N–H and O–H groups in total. The minimum Gasteiger partial charge on any atom is -0.744 e. The summed E-state index contributed by atoms with van der Waals surface area (Å²) in [6.07, 6.45) is 2.97. The van der Waals surface area contributed by atoms with Crippen molar-refractivity contribution in [2.45, 2.75) is 43.7 Å². The summed E-state index contributed by atoms with van der Waals surface area (Å²) in [5.74, 6) is -9.04. The molecule has 0 amide bonds. The number of hydrogen-bond donors (Lipinski definition) is 0. The van der Waals surface area contributed by atoms with Crippen LogP contribution in [0.4, 0.5) is 0 Å². The highest BCUT2D eigenvalue weighted by molar-refractivity contribution is 7.85. The summed E-state index contributed by atoms with van der Waals surface area (Å²) in [6.45, 7) is -4.71. The fourth-order valence-corrected chi connectivity index (χ4v) is 5.56. The number of benzene rings is 2. The molecule has 0 aliphatic heterocycles. The summed E-state index contributed by atoms with van der Waals surface area (Å²) >= 11 is 0. The van der Waals surface area contributed by atoms with Crippen molar-refractivity contribution < 1.29 is 71.9 Å². The van der Waals surface area contributed by atoms with E-state index in [4.69, 9.17) is 9.47 Å². The third kappa shape index (κ3) is 16.6. The van der Waals surface area contributed by atoms with Crippen LogP contribution in [0.25, 0.3) is 0 Å². The Morgan fingerprint density at radius 2 is 1.22 bits per heavy atom. The number of nitrogens with zero attached hydrogens (tertiary/aromatic N) is 3. The molecule has 19 heteroatoms. The average molecular weight is 736 g/mol. The highest BCUT2D eigenvalue weighted by Crippen LogP contribution is 2.29. The Morgan fingerprint density at radius 1 is 0.706 bits per heavy atom. The topological polar surface area (TPSA) is 286 Å². The van der Waals surface area contributed by atoms with Crippen LogP contribution < -0.4 is 35.0 Å². The first kappa shape index (κ1) is 42.3. The molecule has 0 saturated carbocycles. The van der Waals surface area contributed by atoms with Crippen LogP contribution >= 0.6 is 0 Å². The fraction of sp³-hybridized carbons (Fsp3) is 0.469. The van der Waals surface area contributed by atoms with Gasteiger partial charge in [-0.1, -0.05) is 37.6 Å². The van der Waals surface area contributed by atoms with Crippen LogP contribution in [0.1, 0.15) is 30.9 Å². The molecule has 2 rings (SSSR count). The van der Waals surface area contributed by atoms with Crippen molar-refractivity contribution in [1.29, 1.82) is 0 Å². The maximum absolute atomic E-state index is 12.2. The van der Waals surface area contributed by atoms with Gasteiger partial charge in [0.05, 0.1) is 40.8 Å². The molecular weight excluding hydrogens is 698 g/mol. The molecule has 0 aliphatic carbocycles. The zero-order chi connectivity index (χ0) is 38.1. The van der Waals surface area contributed by atoms with Crippen LogP contribution in [-0.2, 0) is 47.1 Å². The number of rotatable bonds is 26. The lowest BCUT2D eigenvalue weighted by Crippen LogP contribution is -2.56. The van der Waals surface area contributed by atoms with E-state index in [2.05, 4.69) is 6.92 Å². The minimum absolute atomic E-state index is 0.0169. The number of aryl methyl sites for hydroxylation is 1. The number of ether oxygens (including phenoxy) is 2. The summed E-state index contributed by atoms with van der Waals surface area (Å²) in [5, 5.41) is 56.7. The van der Waals surface area contributed by atoms with E-state index in [1.807, 2.05) is 24.3 Å². The summed E-state index contributed by atoms with van der Waals surface area (Å²) in [6, 6.07) is 9.45. The van der Waals surface area contributed by atoms with E-state index in [0.29, 0.717) is 0 Å². The molecule has 2 aromatic carbocycles. The van der Waals surface area contributed by atoms with Crippen LogP contribution in [0, 0.1) is 0 Å². The van der Waals surface area contributed by atoms with Gasteiger partial charge in [0.1, 0.15) is 34.8 Å². The number of carboxylic acid groups (broad SMARTS) is 5. The smallest absolute Gasteiger partial charge is 0.137 e. The third-order valence-corrected chi connectivity index (χ3v) is 8.16. The summed E-state index contributed by atoms with van der Waals surface area (Å²) in [5.41, 5.74) is 1.89. The lowest BCUT2D eigenvalue weighted by Gasteiger charge is -2.37. The maximum Gasteiger partial charge on any atom is 0.137 e. The molecule has 0 fully saturated rings. The van der Waals surface area contributed by atoms with Gasteiger partial charge in [0.15, 0.2) is 0 Å². The van der Waals surface area contributed by atoms with Crippen LogP contribution in [0.15, 0.2) is 47.4 Å². The van der Waals surface area contributed by atoms with Crippen molar-refractivity contribution in [3.8, 4) is 11.5 Å². The molecule has 1 atom stereocenters. The Balaban J connectivity index is 2.35. The molecule has 0 aromatic heterocycles. The molecule has 2 aromatic rings. The van der Waals surface area contributed by atoms with Crippen molar-refractivity contribution in [1.82, 2.24) is 14.7 Å². The maximum atomic E-state index is 12.2. The van der Waals surface area contributed by atoms with Crippen molar-refractivity contribution >= 4 is 40.0 Å². The van der Waals surface area contributed by atoms with Crippen LogP contribution in [0.5, 0.6) is 11.5 Å². The van der Waals surface area contributed by atoms with Crippen molar-refractivity contribution in [3.63, 3.8) is 0 Å². The van der Waals surface area contributed by atoms with Crippen molar-refractivity contribution in [2.75, 3.05) is 59.0 Å². The summed E-state index contributed by atoms with van der Waals surface area (Å²) in [7, 11) is -5.22. The molecule has 0 radical (unpaired) electrons. The van der Waals surface area contributed by atoms with Crippen molar-refractivity contribution in [3.05, 3.63) is 53.6 Å². The summed E-state index contributed by atoms with van der Waals surface area (Å²) in [4.78, 5) is 58.5. The van der Waals surface area contributed by atoms with E-state index in [-0.39, 0.29) is 18.9 Å². The average Bonchev–Trinajstić information content (AvgIpc) is 3.02. The number of aliphatic carboxylic acids is 5. The molecular formula is C32H37N3O15S-6. The number of hydrogen-bond acceptors (Lipinski definition) is 18. The highest BCUT2D eigenvalue weighted by Gasteiger charge is 2.25. The van der Waals surface area contributed by atoms with E-state index < -0.39 is 109 Å². The SMILES string of the molecule is CCCCc1ccc(COc2ccc(OCC(CN(CCN(CC(=O)[O-])CC(=O)[O-])CC(=O)[O-])N(CC(=O)[O-])CC(=O)[O-])c(S(=O)(=O)[O-])c2)cc1. The van der Waals surface area contributed by atoms with Gasteiger partial charge in [-0.2, -0.15) is 0 Å². The van der Waals surface area contributed by atoms with Crippen LogP contribution in [0.2, 0.25) is 0 Å². The molecule has 0 bridgehead atoms. The molecule has 282 valence electrons. The van der Waals surface area contributed by atoms with Gasteiger partial charge in [-0.15, -0.1) is 0 Å². The molecule has 1 unspecified atom stereocenters. The number of carboxylic acids is 5. The minimum atomic E-state index is -5.22. The lowest BCUT2D eigenvalue weighted by molar-refractivity contribution is -0.313. The van der Waals surface area contributed by atoms with Gasteiger partial charge in [0.2, 0.25) is 0 Å². The first-order valence-electron chi connectivity index (χ1n) is 15.6. The van der Waals surface area contributed by atoms with Crippen LogP contribution in [-0.4, -0.2) is 123 Å². The van der Waals surface area contributed by atoms with E-state index in [9.17, 15) is 62.5 Å². The second-order valence-electron chi connectivity index (χ2n) is 11.4. The van der Waals surface area contributed by atoms with E-state index in [1.165, 1.54) is 6.07 Å². The van der Waals surface area contributed by atoms with Gasteiger partial charge in [-0.3, -0.25) is 14.7 Å². The second-order valence-corrected chi connectivity index (χ2v) is 12.8. The monoisotopic (exact) mass is 735 g/mol. The first-order valence-corrected chi connectivity index (χ1v) is 17.0. The largest absolute Gasteiger partial charge is 0.744 e. The zero-order valence-electron chi connectivity index (χ0n) is 27.7. The third-order valence-electron chi connectivity index (χ3n) is 7.30. The Hall–Kier alpha value is -4.82. The highest BCUT2D eigenvalue weighted by atomic mass is 32.2. The van der Waals surface area contributed by atoms with Gasteiger partial charge in [0, 0.05) is 58.4 Å². The Morgan fingerprint density at radius 3 is 1.73 bits per heavy atom. The quantitative estimate of drug-likeness (QED) is 0.0812.